The van der Waals surface area contributed by atoms with Gasteiger partial charge in [-0.1, -0.05) is 23.7 Å². The van der Waals surface area contributed by atoms with E-state index in [0.717, 1.165) is 24.4 Å². The van der Waals surface area contributed by atoms with Crippen LogP contribution >= 0.6 is 11.6 Å². The number of carbonyl (C=O) groups excluding carboxylic acids is 2. The number of benzene rings is 3. The van der Waals surface area contributed by atoms with Crippen molar-refractivity contribution in [1.29, 1.82) is 0 Å². The number of nitro benzene ring substituents is 1. The molecule has 0 aromatic heterocycles. The Morgan fingerprint density at radius 1 is 1.00 bits per heavy atom. The van der Waals surface area contributed by atoms with Crippen LogP contribution in [0.1, 0.15) is 26.3 Å². The second-order valence-corrected chi connectivity index (χ2v) is 6.68. The van der Waals surface area contributed by atoms with Crippen LogP contribution in [0.2, 0.25) is 5.02 Å². The van der Waals surface area contributed by atoms with Gasteiger partial charge in [0.05, 0.1) is 11.1 Å². The van der Waals surface area contributed by atoms with Gasteiger partial charge in [-0.15, -0.1) is 0 Å². The number of hydrazone groups is 1. The van der Waals surface area contributed by atoms with Crippen molar-refractivity contribution in [3.8, 4) is 5.75 Å². The van der Waals surface area contributed by atoms with Gasteiger partial charge in [-0.2, -0.15) is 5.10 Å². The van der Waals surface area contributed by atoms with Crippen molar-refractivity contribution in [2.75, 3.05) is 5.32 Å². The molecule has 0 unspecified atom stereocenters. The SMILES string of the molecule is O=C(N/N=C/c1cc([N+](=O)[O-])ccc1O)c1cccc(NC(=O)c2cccc(Cl)c2)c1. The first kappa shape index (κ1) is 21.5. The van der Waals surface area contributed by atoms with E-state index in [1.54, 1.807) is 30.3 Å². The van der Waals surface area contributed by atoms with Crippen LogP contribution in [0.3, 0.4) is 0 Å². The fourth-order valence-corrected chi connectivity index (χ4v) is 2.75. The number of nitrogens with zero attached hydrogens (tertiary/aromatic N) is 2. The molecule has 2 amide bonds. The van der Waals surface area contributed by atoms with Gasteiger partial charge < -0.3 is 10.4 Å². The Bertz CT molecular complexity index is 1200. The number of hydrogen-bond acceptors (Lipinski definition) is 6. The van der Waals surface area contributed by atoms with Crippen molar-refractivity contribution in [1.82, 2.24) is 5.43 Å². The first-order valence-corrected chi connectivity index (χ1v) is 9.19. The molecule has 156 valence electrons. The van der Waals surface area contributed by atoms with Gasteiger partial charge in [0.1, 0.15) is 5.75 Å². The third-order valence-electron chi connectivity index (χ3n) is 4.06. The summed E-state index contributed by atoms with van der Waals surface area (Å²) < 4.78 is 0. The lowest BCUT2D eigenvalue weighted by molar-refractivity contribution is -0.384. The van der Waals surface area contributed by atoms with Crippen LogP contribution < -0.4 is 10.7 Å². The van der Waals surface area contributed by atoms with Crippen LogP contribution in [-0.2, 0) is 0 Å². The predicted molar refractivity (Wildman–Crippen MR) is 116 cm³/mol. The summed E-state index contributed by atoms with van der Waals surface area (Å²) in [6.07, 6.45) is 1.09. The summed E-state index contributed by atoms with van der Waals surface area (Å²) >= 11 is 5.89. The molecular formula is C21H15ClN4O5. The summed E-state index contributed by atoms with van der Waals surface area (Å²) in [5, 5.41) is 27.4. The zero-order chi connectivity index (χ0) is 22.4. The lowest BCUT2D eigenvalue weighted by Crippen LogP contribution is -2.18. The van der Waals surface area contributed by atoms with E-state index < -0.39 is 10.8 Å². The van der Waals surface area contributed by atoms with E-state index in [9.17, 15) is 24.8 Å². The van der Waals surface area contributed by atoms with Gasteiger partial charge in [0, 0.05) is 39.5 Å². The fraction of sp³-hybridized carbons (Fsp3) is 0. The lowest BCUT2D eigenvalue weighted by Gasteiger charge is -2.07. The van der Waals surface area contributed by atoms with Crippen molar-refractivity contribution in [2.45, 2.75) is 0 Å². The molecule has 0 radical (unpaired) electrons. The van der Waals surface area contributed by atoms with Gasteiger partial charge in [-0.25, -0.2) is 5.43 Å². The predicted octanol–water partition coefficient (Wildman–Crippen LogP) is 3.97. The molecule has 3 aromatic carbocycles. The first-order chi connectivity index (χ1) is 14.8. The maximum absolute atomic E-state index is 12.3. The third kappa shape index (κ3) is 5.64. The number of nitrogens with one attached hydrogen (secondary N) is 2. The van der Waals surface area contributed by atoms with Crippen LogP contribution in [0.5, 0.6) is 5.75 Å². The average molecular weight is 439 g/mol. The highest BCUT2D eigenvalue weighted by Crippen LogP contribution is 2.21. The highest BCUT2D eigenvalue weighted by molar-refractivity contribution is 6.31. The summed E-state index contributed by atoms with van der Waals surface area (Å²) in [6, 6.07) is 16.0. The molecule has 0 heterocycles. The van der Waals surface area contributed by atoms with Crippen molar-refractivity contribution in [3.63, 3.8) is 0 Å². The molecule has 10 heteroatoms. The summed E-state index contributed by atoms with van der Waals surface area (Å²) in [5.41, 5.74) is 3.06. The number of hydrogen-bond donors (Lipinski definition) is 3. The Labute approximate surface area is 181 Å². The number of carbonyl (C=O) groups is 2. The second-order valence-electron chi connectivity index (χ2n) is 6.24. The van der Waals surface area contributed by atoms with Gasteiger partial charge in [0.25, 0.3) is 17.5 Å². The van der Waals surface area contributed by atoms with E-state index in [1.165, 1.54) is 18.2 Å². The number of nitro groups is 1. The molecule has 0 atom stereocenters. The number of aromatic hydroxyl groups is 1. The van der Waals surface area contributed by atoms with E-state index >= 15 is 0 Å². The number of phenolic OH excluding ortho intramolecular Hbond substituents is 1. The Morgan fingerprint density at radius 2 is 1.71 bits per heavy atom. The number of amides is 2. The van der Waals surface area contributed by atoms with Gasteiger partial charge in [-0.3, -0.25) is 19.7 Å². The normalized spacial score (nSPS) is 10.6. The van der Waals surface area contributed by atoms with Gasteiger partial charge in [-0.05, 0) is 42.5 Å². The van der Waals surface area contributed by atoms with Gasteiger partial charge in [0.15, 0.2) is 0 Å². The highest BCUT2D eigenvalue weighted by atomic mass is 35.5. The molecule has 31 heavy (non-hydrogen) atoms. The molecule has 0 aliphatic heterocycles. The molecule has 0 aliphatic carbocycles. The lowest BCUT2D eigenvalue weighted by atomic mass is 10.1. The van der Waals surface area contributed by atoms with Crippen LogP contribution in [0.4, 0.5) is 11.4 Å². The molecule has 3 rings (SSSR count). The number of halogens is 1. The molecule has 0 saturated heterocycles. The quantitative estimate of drug-likeness (QED) is 0.304. The van der Waals surface area contributed by atoms with Crippen molar-refractivity contribution in [3.05, 3.63) is 98.6 Å². The standard InChI is InChI=1S/C21H15ClN4O5/c22-16-5-1-3-13(9-16)20(28)24-17-6-2-4-14(10-17)21(29)25-23-12-15-11-18(26(30)31)7-8-19(15)27/h1-12,27H,(H,24,28)(H,25,29)/b23-12+. The van der Waals surface area contributed by atoms with Crippen molar-refractivity contribution >= 4 is 41.0 Å². The fourth-order valence-electron chi connectivity index (χ4n) is 2.56. The van der Waals surface area contributed by atoms with E-state index in [-0.39, 0.29) is 28.5 Å². The maximum Gasteiger partial charge on any atom is 0.271 e. The summed E-state index contributed by atoms with van der Waals surface area (Å²) in [6.45, 7) is 0. The Hall–Kier alpha value is -4.24. The molecule has 3 N–H and O–H groups in total. The maximum atomic E-state index is 12.3. The number of anilines is 1. The number of rotatable bonds is 6. The minimum atomic E-state index is -0.613. The highest BCUT2D eigenvalue weighted by Gasteiger charge is 2.11. The third-order valence-corrected chi connectivity index (χ3v) is 4.30. The first-order valence-electron chi connectivity index (χ1n) is 8.81. The summed E-state index contributed by atoms with van der Waals surface area (Å²) in [4.78, 5) is 34.8. The smallest absolute Gasteiger partial charge is 0.271 e. The van der Waals surface area contributed by atoms with Crippen molar-refractivity contribution in [2.24, 2.45) is 5.10 Å². The Balaban J connectivity index is 1.68. The van der Waals surface area contributed by atoms with Gasteiger partial charge in [0.2, 0.25) is 0 Å². The minimum absolute atomic E-state index is 0.0667. The van der Waals surface area contributed by atoms with Crippen LogP contribution in [0, 0.1) is 10.1 Å². The molecule has 3 aromatic rings. The second kappa shape index (κ2) is 9.51. The summed E-state index contributed by atoms with van der Waals surface area (Å²) in [5.74, 6) is -1.20. The molecule has 0 fully saturated rings. The molecule has 9 nitrogen and oxygen atoms in total. The molecule has 0 spiro atoms. The molecular weight excluding hydrogens is 424 g/mol. The van der Waals surface area contributed by atoms with E-state index in [2.05, 4.69) is 15.8 Å². The average Bonchev–Trinajstić information content (AvgIpc) is 2.75. The molecule has 0 saturated carbocycles. The zero-order valence-electron chi connectivity index (χ0n) is 15.8. The monoisotopic (exact) mass is 438 g/mol. The van der Waals surface area contributed by atoms with E-state index in [4.69, 9.17) is 11.6 Å². The zero-order valence-corrected chi connectivity index (χ0v) is 16.5. The minimum Gasteiger partial charge on any atom is -0.507 e. The number of non-ortho nitro benzene ring substituents is 1. The topological polar surface area (TPSA) is 134 Å². The van der Waals surface area contributed by atoms with Gasteiger partial charge >= 0.3 is 0 Å². The van der Waals surface area contributed by atoms with E-state index in [0.29, 0.717) is 16.3 Å². The van der Waals surface area contributed by atoms with Crippen LogP contribution in [0.25, 0.3) is 0 Å². The van der Waals surface area contributed by atoms with E-state index in [1.807, 2.05) is 0 Å². The Morgan fingerprint density at radius 3 is 2.42 bits per heavy atom. The van der Waals surface area contributed by atoms with Crippen LogP contribution in [0.15, 0.2) is 71.8 Å². The molecule has 0 bridgehead atoms. The summed E-state index contributed by atoms with van der Waals surface area (Å²) in [7, 11) is 0. The largest absolute Gasteiger partial charge is 0.507 e. The molecule has 0 aliphatic rings. The Kier molecular flexibility index (Phi) is 6.58. The van der Waals surface area contributed by atoms with Crippen LogP contribution in [-0.4, -0.2) is 28.1 Å². The number of phenols is 1. The van der Waals surface area contributed by atoms with Crippen molar-refractivity contribution < 1.29 is 19.6 Å².